The van der Waals surface area contributed by atoms with E-state index >= 15 is 0 Å². The standard InChI is InChI=1S/C31H39N3O4/c1-20-9-8-14-33(18-20)28(36)19-34-24-11-7-6-10-22(24)32-23-16-31(2,3)17-25(35)29(23)30(34)21-12-13-26(37-4)27(15-21)38-5/h6-7,10-13,15,20,30,32H,8-9,14,16-19H2,1-5H3. The minimum absolute atomic E-state index is 0.0875. The smallest absolute Gasteiger partial charge is 0.242 e. The molecule has 1 N–H and O–H groups in total. The SMILES string of the molecule is COc1ccc(C2C3=C(CC(C)(C)CC3=O)Nc3ccccc3N2CC(=O)N2CCCC(C)C2)cc1OC. The summed E-state index contributed by atoms with van der Waals surface area (Å²) in [4.78, 5) is 31.8. The van der Waals surface area contributed by atoms with E-state index in [1.807, 2.05) is 47.4 Å². The van der Waals surface area contributed by atoms with Crippen LogP contribution in [0.4, 0.5) is 11.4 Å². The van der Waals surface area contributed by atoms with Gasteiger partial charge < -0.3 is 24.6 Å². The Bertz CT molecular complexity index is 1270. The fraction of sp³-hybridized carbons (Fsp3) is 0.484. The lowest BCUT2D eigenvalue weighted by molar-refractivity contribution is -0.131. The van der Waals surface area contributed by atoms with Crippen molar-refractivity contribution in [3.8, 4) is 11.5 Å². The quantitative estimate of drug-likeness (QED) is 0.559. The Labute approximate surface area is 225 Å². The number of amides is 1. The highest BCUT2D eigenvalue weighted by Gasteiger charge is 2.42. The van der Waals surface area contributed by atoms with Crippen molar-refractivity contribution in [1.82, 2.24) is 4.90 Å². The van der Waals surface area contributed by atoms with Gasteiger partial charge in [0.15, 0.2) is 17.3 Å². The molecule has 1 aliphatic carbocycles. The Hall–Kier alpha value is -3.48. The molecule has 202 valence electrons. The zero-order valence-corrected chi connectivity index (χ0v) is 23.2. The van der Waals surface area contributed by atoms with Crippen molar-refractivity contribution in [3.05, 3.63) is 59.3 Å². The predicted molar refractivity (Wildman–Crippen MR) is 150 cm³/mol. The number of allylic oxidation sites excluding steroid dienone is 1. The summed E-state index contributed by atoms with van der Waals surface area (Å²) in [5, 5.41) is 3.62. The minimum Gasteiger partial charge on any atom is -0.493 e. The van der Waals surface area contributed by atoms with Crippen molar-refractivity contribution >= 4 is 23.1 Å². The van der Waals surface area contributed by atoms with Crippen LogP contribution in [-0.2, 0) is 9.59 Å². The topological polar surface area (TPSA) is 71.1 Å². The summed E-state index contributed by atoms with van der Waals surface area (Å²) in [6, 6.07) is 13.4. The number of likely N-dealkylation sites (tertiary alicyclic amines) is 1. The fourth-order valence-electron chi connectivity index (χ4n) is 6.26. The first kappa shape index (κ1) is 26.1. The summed E-state index contributed by atoms with van der Waals surface area (Å²) in [7, 11) is 3.23. The van der Waals surface area contributed by atoms with Gasteiger partial charge in [-0.1, -0.05) is 39.0 Å². The fourth-order valence-corrected chi connectivity index (χ4v) is 6.26. The van der Waals surface area contributed by atoms with E-state index in [2.05, 4.69) is 31.0 Å². The van der Waals surface area contributed by atoms with Crippen molar-refractivity contribution in [3.63, 3.8) is 0 Å². The summed E-state index contributed by atoms with van der Waals surface area (Å²) in [5.74, 6) is 1.91. The summed E-state index contributed by atoms with van der Waals surface area (Å²) < 4.78 is 11.2. The highest BCUT2D eigenvalue weighted by atomic mass is 16.5. The number of benzene rings is 2. The van der Waals surface area contributed by atoms with Crippen LogP contribution in [0.2, 0.25) is 0 Å². The molecule has 38 heavy (non-hydrogen) atoms. The number of Topliss-reactive ketones (excluding diaryl/α,β-unsaturated/α-hetero) is 1. The lowest BCUT2D eigenvalue weighted by Gasteiger charge is -2.39. The number of ether oxygens (including phenoxy) is 2. The Kier molecular flexibility index (Phi) is 7.12. The van der Waals surface area contributed by atoms with Crippen LogP contribution in [0, 0.1) is 11.3 Å². The third kappa shape index (κ3) is 4.98. The second-order valence-electron chi connectivity index (χ2n) is 11.7. The molecule has 2 aromatic carbocycles. The molecule has 3 aliphatic rings. The van der Waals surface area contributed by atoms with E-state index in [9.17, 15) is 9.59 Å². The van der Waals surface area contributed by atoms with Crippen LogP contribution >= 0.6 is 0 Å². The third-order valence-electron chi connectivity index (χ3n) is 8.04. The predicted octanol–water partition coefficient (Wildman–Crippen LogP) is 5.58. The van der Waals surface area contributed by atoms with Crippen LogP contribution in [0.25, 0.3) is 0 Å². The molecule has 0 radical (unpaired) electrons. The molecule has 1 saturated heterocycles. The molecule has 2 atom stereocenters. The van der Waals surface area contributed by atoms with Gasteiger partial charge in [-0.25, -0.2) is 0 Å². The van der Waals surface area contributed by atoms with Crippen molar-refractivity contribution in [2.75, 3.05) is 44.1 Å². The normalized spacial score (nSPS) is 22.7. The van der Waals surface area contributed by atoms with Gasteiger partial charge in [-0.2, -0.15) is 0 Å². The molecule has 0 bridgehead atoms. The number of methoxy groups -OCH3 is 2. The number of fused-ring (bicyclic) bond motifs is 1. The van der Waals surface area contributed by atoms with Crippen molar-refractivity contribution in [1.29, 1.82) is 0 Å². The van der Waals surface area contributed by atoms with Gasteiger partial charge >= 0.3 is 0 Å². The van der Waals surface area contributed by atoms with Gasteiger partial charge in [0, 0.05) is 30.8 Å². The minimum atomic E-state index is -0.448. The van der Waals surface area contributed by atoms with E-state index in [1.54, 1.807) is 14.2 Å². The number of carbonyl (C=O) groups excluding carboxylic acids is 2. The van der Waals surface area contributed by atoms with Crippen LogP contribution in [0.15, 0.2) is 53.7 Å². The average molecular weight is 518 g/mol. The van der Waals surface area contributed by atoms with E-state index in [0.717, 1.165) is 60.6 Å². The van der Waals surface area contributed by atoms with Gasteiger partial charge in [0.1, 0.15) is 0 Å². The molecule has 7 nitrogen and oxygen atoms in total. The molecule has 5 rings (SSSR count). The maximum atomic E-state index is 13.9. The van der Waals surface area contributed by atoms with E-state index in [4.69, 9.17) is 9.47 Å². The van der Waals surface area contributed by atoms with Crippen LogP contribution < -0.4 is 19.7 Å². The first-order chi connectivity index (χ1) is 18.2. The number of carbonyl (C=O) groups is 2. The molecular formula is C31H39N3O4. The molecule has 7 heteroatoms. The van der Waals surface area contributed by atoms with Crippen LogP contribution in [-0.4, -0.2) is 50.4 Å². The maximum absolute atomic E-state index is 13.9. The highest BCUT2D eigenvalue weighted by molar-refractivity contribution is 6.02. The zero-order chi connectivity index (χ0) is 27.0. The molecule has 2 aliphatic heterocycles. The number of rotatable bonds is 5. The molecule has 0 saturated carbocycles. The number of para-hydroxylation sites is 2. The summed E-state index contributed by atoms with van der Waals surface area (Å²) in [6.45, 7) is 8.21. The summed E-state index contributed by atoms with van der Waals surface area (Å²) >= 11 is 0. The van der Waals surface area contributed by atoms with Gasteiger partial charge in [-0.05, 0) is 60.4 Å². The Balaban J connectivity index is 1.67. The van der Waals surface area contributed by atoms with Crippen LogP contribution in [0.3, 0.4) is 0 Å². The number of hydrogen-bond acceptors (Lipinski definition) is 6. The van der Waals surface area contributed by atoms with Gasteiger partial charge in [-0.15, -0.1) is 0 Å². The van der Waals surface area contributed by atoms with E-state index in [0.29, 0.717) is 23.8 Å². The van der Waals surface area contributed by atoms with E-state index in [1.165, 1.54) is 0 Å². The van der Waals surface area contributed by atoms with Crippen LogP contribution in [0.5, 0.6) is 11.5 Å². The Morgan fingerprint density at radius 1 is 1.08 bits per heavy atom. The van der Waals surface area contributed by atoms with Crippen molar-refractivity contribution < 1.29 is 19.1 Å². The number of nitrogens with one attached hydrogen (secondary N) is 1. The number of anilines is 2. The average Bonchev–Trinajstić information content (AvgIpc) is 3.02. The third-order valence-corrected chi connectivity index (χ3v) is 8.04. The van der Waals surface area contributed by atoms with Crippen molar-refractivity contribution in [2.24, 2.45) is 11.3 Å². The molecule has 2 heterocycles. The Morgan fingerprint density at radius 3 is 2.58 bits per heavy atom. The van der Waals surface area contributed by atoms with Crippen LogP contribution in [0.1, 0.15) is 58.1 Å². The monoisotopic (exact) mass is 517 g/mol. The van der Waals surface area contributed by atoms with Crippen molar-refractivity contribution in [2.45, 2.75) is 52.5 Å². The maximum Gasteiger partial charge on any atom is 0.242 e. The first-order valence-corrected chi connectivity index (χ1v) is 13.6. The largest absolute Gasteiger partial charge is 0.493 e. The molecular weight excluding hydrogens is 478 g/mol. The number of hydrogen-bond donors (Lipinski definition) is 1. The molecule has 2 unspecified atom stereocenters. The lowest BCUT2D eigenvalue weighted by Crippen LogP contribution is -2.46. The lowest BCUT2D eigenvalue weighted by atomic mass is 9.73. The number of ketones is 1. The molecule has 1 fully saturated rings. The highest BCUT2D eigenvalue weighted by Crippen LogP contribution is 2.49. The van der Waals surface area contributed by atoms with E-state index in [-0.39, 0.29) is 23.7 Å². The molecule has 1 amide bonds. The molecule has 0 spiro atoms. The zero-order valence-electron chi connectivity index (χ0n) is 23.2. The number of piperidine rings is 1. The summed E-state index contributed by atoms with van der Waals surface area (Å²) in [5.41, 5.74) is 4.21. The second kappa shape index (κ2) is 10.4. The van der Waals surface area contributed by atoms with Gasteiger partial charge in [0.05, 0.1) is 38.2 Å². The Morgan fingerprint density at radius 2 is 1.84 bits per heavy atom. The van der Waals surface area contributed by atoms with Gasteiger partial charge in [0.25, 0.3) is 0 Å². The second-order valence-corrected chi connectivity index (χ2v) is 11.7. The summed E-state index contributed by atoms with van der Waals surface area (Å²) in [6.07, 6.45) is 3.37. The number of nitrogens with zero attached hydrogens (tertiary/aromatic N) is 2. The molecule has 0 aromatic heterocycles. The molecule has 2 aromatic rings. The van der Waals surface area contributed by atoms with Gasteiger partial charge in [-0.3, -0.25) is 9.59 Å². The van der Waals surface area contributed by atoms with Gasteiger partial charge in [0.2, 0.25) is 5.91 Å². The van der Waals surface area contributed by atoms with E-state index < -0.39 is 6.04 Å². The first-order valence-electron chi connectivity index (χ1n) is 13.6.